The molecule has 0 bridgehead atoms. The number of benzene rings is 1. The summed E-state index contributed by atoms with van der Waals surface area (Å²) in [5.41, 5.74) is 0.872. The molecule has 5 nitrogen and oxygen atoms in total. The lowest BCUT2D eigenvalue weighted by atomic mass is 9.87. The lowest BCUT2D eigenvalue weighted by molar-refractivity contribution is -0.202. The van der Waals surface area contributed by atoms with Crippen LogP contribution in [0.2, 0.25) is 0 Å². The summed E-state index contributed by atoms with van der Waals surface area (Å²) < 4.78 is 41.4. The summed E-state index contributed by atoms with van der Waals surface area (Å²) >= 11 is 0. The minimum Gasteiger partial charge on any atom is -0.445 e. The van der Waals surface area contributed by atoms with Crippen molar-refractivity contribution in [2.45, 2.75) is 43.8 Å². The van der Waals surface area contributed by atoms with Crippen molar-refractivity contribution in [3.8, 4) is 0 Å². The van der Waals surface area contributed by atoms with Gasteiger partial charge in [0.2, 0.25) is 0 Å². The van der Waals surface area contributed by atoms with Gasteiger partial charge in [-0.05, 0) is 18.4 Å². The minimum absolute atomic E-state index is 0.126. The fraction of sp³-hybridized carbons (Fsp3) is 0.533. The van der Waals surface area contributed by atoms with E-state index in [-0.39, 0.29) is 18.7 Å². The number of carbonyl (C=O) groups is 1. The summed E-state index contributed by atoms with van der Waals surface area (Å²) in [5.74, 6) is 0. The standard InChI is InChI=1S/C15H19F3N2O3/c16-15(17,18)13(21)8-19-11-6-12(7-11)20-14(22)23-9-10-4-2-1-3-5-10/h1-5,11-13,19,21H,6-9H2,(H,20,22). The van der Waals surface area contributed by atoms with Gasteiger partial charge in [0, 0.05) is 18.6 Å². The van der Waals surface area contributed by atoms with Gasteiger partial charge in [-0.2, -0.15) is 13.2 Å². The highest BCUT2D eigenvalue weighted by Gasteiger charge is 2.39. The first-order valence-corrected chi connectivity index (χ1v) is 7.30. The first-order chi connectivity index (χ1) is 10.8. The molecular weight excluding hydrogens is 313 g/mol. The summed E-state index contributed by atoms with van der Waals surface area (Å²) in [6.45, 7) is -0.377. The van der Waals surface area contributed by atoms with Crippen molar-refractivity contribution in [3.63, 3.8) is 0 Å². The summed E-state index contributed by atoms with van der Waals surface area (Å²) in [6.07, 6.45) is -6.52. The lowest BCUT2D eigenvalue weighted by Gasteiger charge is -2.36. The van der Waals surface area contributed by atoms with E-state index >= 15 is 0 Å². The van der Waals surface area contributed by atoms with Crippen LogP contribution in [-0.4, -0.2) is 42.1 Å². The van der Waals surface area contributed by atoms with Gasteiger partial charge in [0.15, 0.2) is 6.10 Å². The Bertz CT molecular complexity index is 504. The first kappa shape index (κ1) is 17.6. The number of alkyl halides is 3. The smallest absolute Gasteiger partial charge is 0.415 e. The number of halogens is 3. The molecule has 1 atom stereocenters. The van der Waals surface area contributed by atoms with Crippen LogP contribution in [-0.2, 0) is 11.3 Å². The number of ether oxygens (including phenoxy) is 1. The summed E-state index contributed by atoms with van der Waals surface area (Å²) in [4.78, 5) is 11.6. The van der Waals surface area contributed by atoms with Gasteiger partial charge in [-0.1, -0.05) is 30.3 Å². The van der Waals surface area contributed by atoms with E-state index in [4.69, 9.17) is 9.84 Å². The molecule has 1 fully saturated rings. The van der Waals surface area contributed by atoms with Crippen molar-refractivity contribution < 1.29 is 27.8 Å². The van der Waals surface area contributed by atoms with E-state index in [0.29, 0.717) is 12.8 Å². The van der Waals surface area contributed by atoms with Crippen LogP contribution < -0.4 is 10.6 Å². The number of hydrogen-bond donors (Lipinski definition) is 3. The summed E-state index contributed by atoms with van der Waals surface area (Å²) in [7, 11) is 0. The van der Waals surface area contributed by atoms with Crippen LogP contribution in [0.3, 0.4) is 0 Å². The Morgan fingerprint density at radius 3 is 2.52 bits per heavy atom. The number of aliphatic hydroxyl groups excluding tert-OH is 1. The van der Waals surface area contributed by atoms with Crippen LogP contribution in [0, 0.1) is 0 Å². The van der Waals surface area contributed by atoms with Gasteiger partial charge >= 0.3 is 12.3 Å². The van der Waals surface area contributed by atoms with Gasteiger partial charge in [0.25, 0.3) is 0 Å². The molecule has 1 aliphatic carbocycles. The predicted octanol–water partition coefficient (Wildman–Crippen LogP) is 1.96. The highest BCUT2D eigenvalue weighted by Crippen LogP contribution is 2.23. The van der Waals surface area contributed by atoms with Crippen LogP contribution >= 0.6 is 0 Å². The second-order valence-electron chi connectivity index (χ2n) is 5.54. The summed E-state index contributed by atoms with van der Waals surface area (Å²) in [5, 5.41) is 14.1. The van der Waals surface area contributed by atoms with Crippen LogP contribution in [0.1, 0.15) is 18.4 Å². The second-order valence-corrected chi connectivity index (χ2v) is 5.54. The van der Waals surface area contributed by atoms with Crippen molar-refractivity contribution in [1.29, 1.82) is 0 Å². The largest absolute Gasteiger partial charge is 0.445 e. The molecule has 8 heteroatoms. The molecule has 2 rings (SSSR count). The van der Waals surface area contributed by atoms with E-state index in [0.717, 1.165) is 5.56 Å². The van der Waals surface area contributed by atoms with E-state index in [1.54, 1.807) is 0 Å². The molecule has 23 heavy (non-hydrogen) atoms. The van der Waals surface area contributed by atoms with E-state index < -0.39 is 24.9 Å². The van der Waals surface area contributed by atoms with E-state index in [2.05, 4.69) is 10.6 Å². The third-order valence-corrected chi connectivity index (χ3v) is 3.65. The topological polar surface area (TPSA) is 70.6 Å². The van der Waals surface area contributed by atoms with E-state index in [9.17, 15) is 18.0 Å². The van der Waals surface area contributed by atoms with E-state index in [1.807, 2.05) is 30.3 Å². The zero-order valence-corrected chi connectivity index (χ0v) is 12.3. The molecule has 1 unspecified atom stereocenters. The highest BCUT2D eigenvalue weighted by molar-refractivity contribution is 5.67. The van der Waals surface area contributed by atoms with Gasteiger partial charge in [-0.15, -0.1) is 0 Å². The number of amides is 1. The number of rotatable bonds is 6. The van der Waals surface area contributed by atoms with Crippen molar-refractivity contribution in [2.75, 3.05) is 6.54 Å². The van der Waals surface area contributed by atoms with Gasteiger partial charge in [-0.25, -0.2) is 4.79 Å². The fourth-order valence-electron chi connectivity index (χ4n) is 2.23. The Morgan fingerprint density at radius 1 is 1.26 bits per heavy atom. The Hall–Kier alpha value is -1.80. The summed E-state index contributed by atoms with van der Waals surface area (Å²) in [6, 6.07) is 8.94. The molecule has 0 aromatic heterocycles. The maximum atomic E-state index is 12.1. The fourth-order valence-corrected chi connectivity index (χ4v) is 2.23. The average molecular weight is 332 g/mol. The Kier molecular flexibility index (Phi) is 5.84. The molecule has 3 N–H and O–H groups in total. The lowest BCUT2D eigenvalue weighted by Crippen LogP contribution is -2.54. The average Bonchev–Trinajstić information content (AvgIpc) is 2.47. The van der Waals surface area contributed by atoms with Crippen LogP contribution in [0.5, 0.6) is 0 Å². The number of hydrogen-bond acceptors (Lipinski definition) is 4. The Balaban J connectivity index is 1.58. The van der Waals surface area contributed by atoms with Crippen molar-refractivity contribution in [3.05, 3.63) is 35.9 Å². The number of carbonyl (C=O) groups excluding carboxylic acids is 1. The minimum atomic E-state index is -4.62. The molecule has 1 saturated carbocycles. The van der Waals surface area contributed by atoms with Crippen LogP contribution in [0.4, 0.5) is 18.0 Å². The normalized spacial score (nSPS) is 22.1. The zero-order chi connectivity index (χ0) is 16.9. The first-order valence-electron chi connectivity index (χ1n) is 7.30. The molecule has 1 aromatic rings. The molecular formula is C15H19F3N2O3. The third-order valence-electron chi connectivity index (χ3n) is 3.65. The number of aliphatic hydroxyl groups is 1. The molecule has 1 aliphatic rings. The molecule has 0 saturated heterocycles. The second kappa shape index (κ2) is 7.65. The van der Waals surface area contributed by atoms with Gasteiger partial charge < -0.3 is 20.5 Å². The molecule has 0 heterocycles. The molecule has 0 spiro atoms. The van der Waals surface area contributed by atoms with Crippen molar-refractivity contribution in [2.24, 2.45) is 0 Å². The highest BCUT2D eigenvalue weighted by atomic mass is 19.4. The molecule has 128 valence electrons. The van der Waals surface area contributed by atoms with Crippen LogP contribution in [0.15, 0.2) is 30.3 Å². The molecule has 0 radical (unpaired) electrons. The van der Waals surface area contributed by atoms with Gasteiger partial charge in [0.05, 0.1) is 0 Å². The SMILES string of the molecule is O=C(NC1CC(NCC(O)C(F)(F)F)C1)OCc1ccccc1. The van der Waals surface area contributed by atoms with Crippen molar-refractivity contribution >= 4 is 6.09 Å². The Labute approximate surface area is 131 Å². The van der Waals surface area contributed by atoms with Gasteiger partial charge in [0.1, 0.15) is 6.61 Å². The zero-order valence-electron chi connectivity index (χ0n) is 12.3. The third kappa shape index (κ3) is 5.72. The maximum absolute atomic E-state index is 12.1. The maximum Gasteiger partial charge on any atom is 0.415 e. The quantitative estimate of drug-likeness (QED) is 0.745. The monoisotopic (exact) mass is 332 g/mol. The van der Waals surface area contributed by atoms with Gasteiger partial charge in [-0.3, -0.25) is 0 Å². The molecule has 0 aliphatic heterocycles. The number of nitrogens with one attached hydrogen (secondary N) is 2. The molecule has 1 amide bonds. The number of alkyl carbamates (subject to hydrolysis) is 1. The molecule has 1 aromatic carbocycles. The van der Waals surface area contributed by atoms with Crippen LogP contribution in [0.25, 0.3) is 0 Å². The Morgan fingerprint density at radius 2 is 1.91 bits per heavy atom. The predicted molar refractivity (Wildman–Crippen MR) is 76.6 cm³/mol. The van der Waals surface area contributed by atoms with E-state index in [1.165, 1.54) is 0 Å². The van der Waals surface area contributed by atoms with Crippen molar-refractivity contribution in [1.82, 2.24) is 10.6 Å².